The third kappa shape index (κ3) is 3.97. The number of nitrogens with zero attached hydrogens (tertiary/aromatic N) is 3. The highest BCUT2D eigenvalue weighted by molar-refractivity contribution is 5.96. The van der Waals surface area contributed by atoms with Crippen molar-refractivity contribution in [3.8, 4) is 0 Å². The standard InChI is InChI=1S/C23H26N4O2/c1-17-7-9-20(10-8-17)27-14-13-25(23(27)29)16-22(28)24-11-12-26-18(2)15-19-5-3-4-6-21(19)26/h3-10,15H,11-14,16H2,1-2H3,(H,24,28). The Hall–Kier alpha value is -3.28. The summed E-state index contributed by atoms with van der Waals surface area (Å²) in [4.78, 5) is 28.3. The van der Waals surface area contributed by atoms with Crippen LogP contribution in [0.25, 0.3) is 10.9 Å². The zero-order valence-corrected chi connectivity index (χ0v) is 16.9. The highest BCUT2D eigenvalue weighted by Gasteiger charge is 2.30. The van der Waals surface area contributed by atoms with Crippen LogP contribution in [0.2, 0.25) is 0 Å². The third-order valence-electron chi connectivity index (χ3n) is 5.45. The van der Waals surface area contributed by atoms with Gasteiger partial charge in [0.15, 0.2) is 0 Å². The molecule has 6 nitrogen and oxygen atoms in total. The predicted octanol–water partition coefficient (Wildman–Crippen LogP) is 3.32. The van der Waals surface area contributed by atoms with Crippen LogP contribution in [0.15, 0.2) is 54.6 Å². The van der Waals surface area contributed by atoms with Crippen molar-refractivity contribution in [1.82, 2.24) is 14.8 Å². The number of hydrogen-bond acceptors (Lipinski definition) is 2. The van der Waals surface area contributed by atoms with E-state index in [1.54, 1.807) is 9.80 Å². The molecule has 1 saturated heterocycles. The minimum Gasteiger partial charge on any atom is -0.353 e. The maximum Gasteiger partial charge on any atom is 0.325 e. The number of nitrogens with one attached hydrogen (secondary N) is 1. The molecule has 0 unspecified atom stereocenters. The van der Waals surface area contributed by atoms with E-state index in [0.29, 0.717) is 26.2 Å². The smallest absolute Gasteiger partial charge is 0.325 e. The number of aryl methyl sites for hydroxylation is 2. The fourth-order valence-corrected chi connectivity index (χ4v) is 3.88. The maximum absolute atomic E-state index is 12.6. The van der Waals surface area contributed by atoms with Gasteiger partial charge in [-0.25, -0.2) is 4.79 Å². The van der Waals surface area contributed by atoms with Crippen LogP contribution < -0.4 is 10.2 Å². The van der Waals surface area contributed by atoms with Gasteiger partial charge in [-0.2, -0.15) is 0 Å². The number of fused-ring (bicyclic) bond motifs is 1. The van der Waals surface area contributed by atoms with Gasteiger partial charge in [-0.3, -0.25) is 9.69 Å². The summed E-state index contributed by atoms with van der Waals surface area (Å²) in [6, 6.07) is 18.1. The van der Waals surface area contributed by atoms with Gasteiger partial charge in [0.2, 0.25) is 5.91 Å². The Balaban J connectivity index is 1.30. The van der Waals surface area contributed by atoms with Crippen molar-refractivity contribution >= 4 is 28.5 Å². The molecule has 2 aromatic carbocycles. The molecule has 0 aliphatic carbocycles. The minimum atomic E-state index is -0.127. The van der Waals surface area contributed by atoms with Crippen molar-refractivity contribution in [3.05, 3.63) is 65.9 Å². The molecule has 0 saturated carbocycles. The average Bonchev–Trinajstić information content (AvgIpc) is 3.22. The summed E-state index contributed by atoms with van der Waals surface area (Å²) in [6.07, 6.45) is 0. The average molecular weight is 390 g/mol. The van der Waals surface area contributed by atoms with E-state index in [-0.39, 0.29) is 18.5 Å². The first-order chi connectivity index (χ1) is 14.0. The van der Waals surface area contributed by atoms with Gasteiger partial charge in [0, 0.05) is 43.1 Å². The summed E-state index contributed by atoms with van der Waals surface area (Å²) in [6.45, 7) is 6.57. The van der Waals surface area contributed by atoms with Crippen LogP contribution in [0, 0.1) is 13.8 Å². The van der Waals surface area contributed by atoms with Gasteiger partial charge >= 0.3 is 6.03 Å². The summed E-state index contributed by atoms with van der Waals surface area (Å²) in [5.74, 6) is -0.127. The van der Waals surface area contributed by atoms with E-state index in [0.717, 1.165) is 11.3 Å². The second kappa shape index (κ2) is 7.99. The highest BCUT2D eigenvalue weighted by Crippen LogP contribution is 2.21. The van der Waals surface area contributed by atoms with E-state index in [4.69, 9.17) is 0 Å². The van der Waals surface area contributed by atoms with E-state index in [1.807, 2.05) is 43.3 Å². The topological polar surface area (TPSA) is 57.6 Å². The molecular formula is C23H26N4O2. The number of para-hydroxylation sites is 1. The molecule has 0 radical (unpaired) electrons. The van der Waals surface area contributed by atoms with Crippen LogP contribution in [0.4, 0.5) is 10.5 Å². The number of hydrogen-bond donors (Lipinski definition) is 1. The molecule has 29 heavy (non-hydrogen) atoms. The zero-order valence-electron chi connectivity index (χ0n) is 16.9. The molecule has 1 N–H and O–H groups in total. The van der Waals surface area contributed by atoms with Crippen molar-refractivity contribution < 1.29 is 9.59 Å². The quantitative estimate of drug-likeness (QED) is 0.702. The summed E-state index contributed by atoms with van der Waals surface area (Å²) in [5.41, 5.74) is 4.37. The van der Waals surface area contributed by atoms with E-state index in [1.165, 1.54) is 16.6 Å². The molecule has 1 aliphatic rings. The number of urea groups is 1. The monoisotopic (exact) mass is 390 g/mol. The number of carbonyl (C=O) groups excluding carboxylic acids is 2. The molecule has 3 amide bonds. The summed E-state index contributed by atoms with van der Waals surface area (Å²) in [7, 11) is 0. The van der Waals surface area contributed by atoms with Crippen LogP contribution in [0.1, 0.15) is 11.3 Å². The Morgan fingerprint density at radius 3 is 2.59 bits per heavy atom. The van der Waals surface area contributed by atoms with Gasteiger partial charge in [0.05, 0.1) is 0 Å². The molecule has 0 bridgehead atoms. The largest absolute Gasteiger partial charge is 0.353 e. The first-order valence-electron chi connectivity index (χ1n) is 9.97. The van der Waals surface area contributed by atoms with Crippen LogP contribution >= 0.6 is 0 Å². The van der Waals surface area contributed by atoms with Crippen LogP contribution in [-0.2, 0) is 11.3 Å². The number of benzene rings is 2. The number of anilines is 1. The predicted molar refractivity (Wildman–Crippen MR) is 115 cm³/mol. The van der Waals surface area contributed by atoms with E-state index < -0.39 is 0 Å². The lowest BCUT2D eigenvalue weighted by molar-refractivity contribution is -0.121. The van der Waals surface area contributed by atoms with E-state index >= 15 is 0 Å². The van der Waals surface area contributed by atoms with Crippen molar-refractivity contribution in [2.45, 2.75) is 20.4 Å². The molecule has 150 valence electrons. The molecule has 0 spiro atoms. The molecular weight excluding hydrogens is 364 g/mol. The van der Waals surface area contributed by atoms with Crippen molar-refractivity contribution in [1.29, 1.82) is 0 Å². The molecule has 2 heterocycles. The lowest BCUT2D eigenvalue weighted by Crippen LogP contribution is -2.40. The zero-order chi connectivity index (χ0) is 20.4. The molecule has 3 aromatic rings. The van der Waals surface area contributed by atoms with E-state index in [2.05, 4.69) is 35.0 Å². The number of amides is 3. The Labute approximate surface area is 170 Å². The lowest BCUT2D eigenvalue weighted by atomic mass is 10.2. The van der Waals surface area contributed by atoms with E-state index in [9.17, 15) is 9.59 Å². The van der Waals surface area contributed by atoms with Crippen molar-refractivity contribution in [3.63, 3.8) is 0 Å². The summed E-state index contributed by atoms with van der Waals surface area (Å²) in [5, 5.41) is 4.15. The SMILES string of the molecule is Cc1ccc(N2CCN(CC(=O)NCCn3c(C)cc4ccccc43)C2=O)cc1. The fraction of sp³-hybridized carbons (Fsp3) is 0.304. The Kier molecular flexibility index (Phi) is 5.25. The second-order valence-corrected chi connectivity index (χ2v) is 7.54. The Bertz CT molecular complexity index is 1040. The van der Waals surface area contributed by atoms with Gasteiger partial charge in [0.1, 0.15) is 6.54 Å². The highest BCUT2D eigenvalue weighted by atomic mass is 16.2. The molecule has 0 atom stereocenters. The molecule has 1 aliphatic heterocycles. The molecule has 6 heteroatoms. The third-order valence-corrected chi connectivity index (χ3v) is 5.45. The van der Waals surface area contributed by atoms with Crippen LogP contribution in [-0.4, -0.2) is 47.6 Å². The Morgan fingerprint density at radius 1 is 1.03 bits per heavy atom. The summed E-state index contributed by atoms with van der Waals surface area (Å²) >= 11 is 0. The lowest BCUT2D eigenvalue weighted by Gasteiger charge is -2.18. The van der Waals surface area contributed by atoms with Crippen molar-refractivity contribution in [2.24, 2.45) is 0 Å². The van der Waals surface area contributed by atoms with Gasteiger partial charge < -0.3 is 14.8 Å². The van der Waals surface area contributed by atoms with Gasteiger partial charge in [0.25, 0.3) is 0 Å². The molecule has 4 rings (SSSR count). The van der Waals surface area contributed by atoms with Gasteiger partial charge in [-0.15, -0.1) is 0 Å². The number of rotatable bonds is 6. The normalized spacial score (nSPS) is 14.1. The Morgan fingerprint density at radius 2 is 1.79 bits per heavy atom. The molecule has 1 fully saturated rings. The van der Waals surface area contributed by atoms with Gasteiger partial charge in [-0.05, 0) is 43.5 Å². The minimum absolute atomic E-state index is 0.0899. The number of carbonyl (C=O) groups is 2. The fourth-order valence-electron chi connectivity index (χ4n) is 3.88. The van der Waals surface area contributed by atoms with Crippen molar-refractivity contribution in [2.75, 3.05) is 31.1 Å². The number of aromatic nitrogens is 1. The maximum atomic E-state index is 12.6. The first kappa shape index (κ1) is 19.1. The summed E-state index contributed by atoms with van der Waals surface area (Å²) < 4.78 is 2.20. The van der Waals surface area contributed by atoms with Crippen LogP contribution in [0.5, 0.6) is 0 Å². The molecule has 1 aromatic heterocycles. The first-order valence-corrected chi connectivity index (χ1v) is 9.97. The second-order valence-electron chi connectivity index (χ2n) is 7.54. The van der Waals surface area contributed by atoms with Gasteiger partial charge in [-0.1, -0.05) is 35.9 Å². The van der Waals surface area contributed by atoms with Crippen LogP contribution in [0.3, 0.4) is 0 Å².